The van der Waals surface area contributed by atoms with Crippen molar-refractivity contribution < 1.29 is 0 Å². The third-order valence-corrected chi connectivity index (χ3v) is 26.5. The number of aryl methyl sites for hydroxylation is 16. The number of hydrogen-bond acceptors (Lipinski definition) is 1. The first kappa shape index (κ1) is 63.9. The number of benzene rings is 9. The van der Waals surface area contributed by atoms with Crippen LogP contribution >= 0.6 is 0 Å². The molecule has 0 saturated heterocycles. The van der Waals surface area contributed by atoms with Gasteiger partial charge in [0.1, 0.15) is 6.07 Å². The smallest absolute Gasteiger partial charge is 0.237 e. The monoisotopic (exact) mass is 1240 g/mol. The Balaban J connectivity index is 1.58. The molecule has 0 amide bonds. The lowest BCUT2D eigenvalue weighted by atomic mass is 9.90. The Kier molecular flexibility index (Phi) is 14.2. The van der Waals surface area contributed by atoms with Crippen molar-refractivity contribution in [2.45, 2.75) is 222 Å². The summed E-state index contributed by atoms with van der Waals surface area (Å²) < 4.78 is 10.3. The standard InChI is InChI=1S/C88H96N6/c1-35-43(9)59(25)77-68(51(35)17)69-52(18)36(2)44(10)60(26)78(69)91(77)85-67(34-89)86(92-79-61(27)45(11)37(3)53(19)70(79)71-54(20)38(4)46(12)62(28)80(71)92)88(94-83-65(31)49(15)41(7)57(23)74(83)75-58(24)42(8)50(16)66(32)84(75)94)87(76(85)90-33)93-81-63(29)47(13)39(5)55(21)72(81)73-56(22)40(6)48(14)64(30)82(73)93/h1-32H3. The van der Waals surface area contributed by atoms with Crippen molar-refractivity contribution in [1.82, 2.24) is 18.3 Å². The second kappa shape index (κ2) is 20.8. The highest BCUT2D eigenvalue weighted by atomic mass is 15.1. The summed E-state index contributed by atoms with van der Waals surface area (Å²) in [6.45, 7) is 84.5. The molecule has 0 fully saturated rings. The summed E-state index contributed by atoms with van der Waals surface area (Å²) in [5.74, 6) is 0. The molecule has 0 aliphatic carbocycles. The Hall–Kier alpha value is -8.84. The minimum Gasteiger partial charge on any atom is -0.317 e. The minimum absolute atomic E-state index is 0.441. The maximum absolute atomic E-state index is 13.7. The van der Waals surface area contributed by atoms with Crippen LogP contribution in [0.2, 0.25) is 0 Å². The van der Waals surface area contributed by atoms with Gasteiger partial charge in [0.15, 0.2) is 0 Å². The molecule has 0 unspecified atom stereocenters. The molecule has 6 heteroatoms. The number of aromatic nitrogens is 4. The van der Waals surface area contributed by atoms with Crippen molar-refractivity contribution in [1.29, 1.82) is 5.26 Å². The Bertz CT molecular complexity index is 5450. The molecule has 478 valence electrons. The van der Waals surface area contributed by atoms with Crippen molar-refractivity contribution in [2.75, 3.05) is 0 Å². The SMILES string of the molecule is [C-]#[N+]c1c(-n2c3c(C)c(C)c(C)c(C)c3c3c(C)c(C)c(C)c(C)c32)c(C#N)c(-n2c3c(C)c(C)c(C)c(C)c3c3c(C)c(C)c(C)c(C)c32)c(-n2c3c(C)c(C)c(C)c(C)c3c3c(C)c(C)c(C)c(C)c32)c1-n1c2c(C)c(C)c(C)c(C)c2c2c(C)c(C)c(C)c(C)c21. The van der Waals surface area contributed by atoms with E-state index in [2.05, 4.69) is 246 Å². The summed E-state index contributed by atoms with van der Waals surface area (Å²) in [6, 6.07) is 3.22. The van der Waals surface area contributed by atoms with Crippen LogP contribution < -0.4 is 0 Å². The molecule has 0 aliphatic heterocycles. The lowest BCUT2D eigenvalue weighted by Gasteiger charge is -2.30. The van der Waals surface area contributed by atoms with Crippen LogP contribution in [0.25, 0.3) is 115 Å². The Labute approximate surface area is 558 Å². The summed E-state index contributed by atoms with van der Waals surface area (Å²) in [6.07, 6.45) is 0. The molecule has 6 nitrogen and oxygen atoms in total. The average Bonchev–Trinajstić information content (AvgIpc) is 1.48. The van der Waals surface area contributed by atoms with E-state index in [1.165, 1.54) is 210 Å². The normalized spacial score (nSPS) is 12.2. The molecule has 0 N–H and O–H groups in total. The van der Waals surface area contributed by atoms with E-state index < -0.39 is 0 Å². The van der Waals surface area contributed by atoms with Crippen LogP contribution in [0, 0.1) is 239 Å². The summed E-state index contributed by atoms with van der Waals surface area (Å²) in [7, 11) is 0. The molecule has 4 aromatic heterocycles. The number of hydrogen-bond donors (Lipinski definition) is 0. The maximum Gasteiger partial charge on any atom is 0.237 e. The number of nitriles is 1. The predicted molar refractivity (Wildman–Crippen MR) is 406 cm³/mol. The van der Waals surface area contributed by atoms with E-state index in [-0.39, 0.29) is 0 Å². The maximum atomic E-state index is 13.7. The van der Waals surface area contributed by atoms with Crippen molar-refractivity contribution >= 4 is 92.9 Å². The molecular formula is C88H96N6. The van der Waals surface area contributed by atoms with E-state index >= 15 is 0 Å². The van der Waals surface area contributed by atoms with Crippen LogP contribution in [0.15, 0.2) is 0 Å². The summed E-state index contributed by atoms with van der Waals surface area (Å²) in [4.78, 5) is 5.26. The second-order valence-electron chi connectivity index (χ2n) is 29.5. The molecule has 0 radical (unpaired) electrons. The summed E-state index contributed by atoms with van der Waals surface area (Å²) in [5.41, 5.74) is 51.9. The highest BCUT2D eigenvalue weighted by Crippen LogP contribution is 2.57. The van der Waals surface area contributed by atoms with Crippen LogP contribution in [0.5, 0.6) is 0 Å². The van der Waals surface area contributed by atoms with Gasteiger partial charge >= 0.3 is 0 Å². The third kappa shape index (κ3) is 7.41. The van der Waals surface area contributed by atoms with E-state index in [4.69, 9.17) is 4.85 Å². The average molecular weight is 1240 g/mol. The number of fused-ring (bicyclic) bond motifs is 12. The second-order valence-corrected chi connectivity index (χ2v) is 29.5. The topological polar surface area (TPSA) is 47.9 Å². The van der Waals surface area contributed by atoms with Gasteiger partial charge < -0.3 is 18.3 Å². The molecule has 13 rings (SSSR count). The highest BCUT2D eigenvalue weighted by molar-refractivity contribution is 6.22. The lowest BCUT2D eigenvalue weighted by Crippen LogP contribution is -2.17. The van der Waals surface area contributed by atoms with Crippen molar-refractivity contribution in [3.8, 4) is 28.8 Å². The van der Waals surface area contributed by atoms with Crippen LogP contribution in [0.4, 0.5) is 5.69 Å². The van der Waals surface area contributed by atoms with Gasteiger partial charge in [0.2, 0.25) is 5.69 Å². The fourth-order valence-corrected chi connectivity index (χ4v) is 18.1. The summed E-state index contributed by atoms with van der Waals surface area (Å²) >= 11 is 0. The van der Waals surface area contributed by atoms with Crippen LogP contribution in [-0.2, 0) is 0 Å². The van der Waals surface area contributed by atoms with Gasteiger partial charge in [-0.1, -0.05) is 0 Å². The zero-order chi connectivity index (χ0) is 68.9. The third-order valence-electron chi connectivity index (χ3n) is 26.5. The number of nitrogens with zero attached hydrogens (tertiary/aromatic N) is 6. The molecule has 0 spiro atoms. The van der Waals surface area contributed by atoms with Gasteiger partial charge in [-0.3, -0.25) is 0 Å². The molecule has 9 aromatic carbocycles. The molecule has 0 aliphatic rings. The minimum atomic E-state index is 0.441. The van der Waals surface area contributed by atoms with E-state index in [9.17, 15) is 11.8 Å². The highest BCUT2D eigenvalue weighted by Gasteiger charge is 2.40. The fraction of sp³-hybridized carbons (Fsp3) is 0.364. The van der Waals surface area contributed by atoms with Gasteiger partial charge in [0.05, 0.1) is 79.0 Å². The van der Waals surface area contributed by atoms with E-state index in [0.29, 0.717) is 16.9 Å². The lowest BCUT2D eigenvalue weighted by molar-refractivity contribution is 1.01. The molecule has 0 saturated carbocycles. The van der Waals surface area contributed by atoms with Gasteiger partial charge in [-0.25, -0.2) is 4.85 Å². The van der Waals surface area contributed by atoms with Crippen molar-refractivity contribution in [2.24, 2.45) is 0 Å². The molecule has 4 heterocycles. The number of rotatable bonds is 4. The van der Waals surface area contributed by atoms with Gasteiger partial charge in [-0.2, -0.15) is 5.26 Å². The first-order valence-corrected chi connectivity index (χ1v) is 34.1. The first-order chi connectivity index (χ1) is 44.0. The zero-order valence-corrected chi connectivity index (χ0v) is 62.7. The Morgan fingerprint density at radius 2 is 0.351 bits per heavy atom. The van der Waals surface area contributed by atoms with Crippen LogP contribution in [0.1, 0.15) is 184 Å². The predicted octanol–water partition coefficient (Wildman–Crippen LogP) is 24.4. The Morgan fingerprint density at radius 3 is 0.521 bits per heavy atom. The van der Waals surface area contributed by atoms with Crippen LogP contribution in [-0.4, -0.2) is 18.3 Å². The van der Waals surface area contributed by atoms with Crippen molar-refractivity contribution in [3.63, 3.8) is 0 Å². The summed E-state index contributed by atoms with van der Waals surface area (Å²) in [5, 5.41) is 23.3. The molecule has 13 aromatic rings. The van der Waals surface area contributed by atoms with Gasteiger partial charge in [0, 0.05) is 43.1 Å². The quantitative estimate of drug-likeness (QED) is 0.162. The molecule has 0 bridgehead atoms. The Morgan fingerprint density at radius 1 is 0.202 bits per heavy atom. The van der Waals surface area contributed by atoms with Crippen LogP contribution in [0.3, 0.4) is 0 Å². The van der Waals surface area contributed by atoms with E-state index in [0.717, 1.165) is 72.3 Å². The van der Waals surface area contributed by atoms with Gasteiger partial charge in [-0.05, 0) is 400 Å². The molecule has 94 heavy (non-hydrogen) atoms. The van der Waals surface area contributed by atoms with E-state index in [1.54, 1.807) is 0 Å². The van der Waals surface area contributed by atoms with E-state index in [1.807, 2.05) is 0 Å². The molecular weight excluding hydrogens is 1140 g/mol. The fourth-order valence-electron chi connectivity index (χ4n) is 18.1. The molecule has 0 atom stereocenters. The zero-order valence-electron chi connectivity index (χ0n) is 62.7. The van der Waals surface area contributed by atoms with Gasteiger partial charge in [-0.15, -0.1) is 0 Å². The largest absolute Gasteiger partial charge is 0.317 e. The first-order valence-electron chi connectivity index (χ1n) is 34.1. The van der Waals surface area contributed by atoms with Gasteiger partial charge in [0.25, 0.3) is 0 Å². The van der Waals surface area contributed by atoms with Crippen molar-refractivity contribution in [3.05, 3.63) is 195 Å².